The molecule has 0 fully saturated rings. The molecule has 0 aromatic carbocycles. The van der Waals surface area contributed by atoms with Gasteiger partial charge in [0.25, 0.3) is 0 Å². The van der Waals surface area contributed by atoms with Crippen LogP contribution in [0.5, 0.6) is 0 Å². The van der Waals surface area contributed by atoms with Crippen LogP contribution in [0.4, 0.5) is 5.82 Å². The van der Waals surface area contributed by atoms with Gasteiger partial charge in [-0.2, -0.15) is 0 Å². The fraction of sp³-hybridized carbons (Fsp3) is 0.636. The summed E-state index contributed by atoms with van der Waals surface area (Å²) >= 11 is 5.78. The Morgan fingerprint density at radius 3 is 2.69 bits per heavy atom. The maximum Gasteiger partial charge on any atom is 0.149 e. The molecule has 0 saturated carbocycles. The van der Waals surface area contributed by atoms with Crippen LogP contribution in [0.3, 0.4) is 0 Å². The molecule has 16 heavy (non-hydrogen) atoms. The summed E-state index contributed by atoms with van der Waals surface area (Å²) in [7, 11) is 0. The molecule has 1 heterocycles. The lowest BCUT2D eigenvalue weighted by atomic mass is 9.91. The minimum absolute atomic E-state index is 0.173. The summed E-state index contributed by atoms with van der Waals surface area (Å²) in [6.45, 7) is 6.95. The average molecular weight is 243 g/mol. The predicted octanol–water partition coefficient (Wildman–Crippen LogP) is 2.31. The maximum absolute atomic E-state index is 5.80. The molecule has 4 nitrogen and oxygen atoms in total. The lowest BCUT2D eigenvalue weighted by molar-refractivity contribution is 0.406. The Bertz CT molecular complexity index is 343. The minimum Gasteiger partial charge on any atom is -0.362 e. The number of rotatable bonds is 5. The van der Waals surface area contributed by atoms with Gasteiger partial charge in [0.1, 0.15) is 11.0 Å². The first-order valence-corrected chi connectivity index (χ1v) is 5.79. The van der Waals surface area contributed by atoms with Crippen molar-refractivity contribution in [1.29, 1.82) is 0 Å². The smallest absolute Gasteiger partial charge is 0.149 e. The summed E-state index contributed by atoms with van der Waals surface area (Å²) < 4.78 is 0. The van der Waals surface area contributed by atoms with Gasteiger partial charge in [-0.3, -0.25) is 4.98 Å². The van der Waals surface area contributed by atoms with Gasteiger partial charge in [0, 0.05) is 12.1 Å². The molecule has 0 amide bonds. The highest BCUT2D eigenvalue weighted by Crippen LogP contribution is 2.20. The Kier molecular flexibility index (Phi) is 4.50. The van der Waals surface area contributed by atoms with Gasteiger partial charge in [0.2, 0.25) is 0 Å². The van der Waals surface area contributed by atoms with Crippen molar-refractivity contribution in [2.45, 2.75) is 32.7 Å². The van der Waals surface area contributed by atoms with Crippen LogP contribution in [0, 0.1) is 5.92 Å². The monoisotopic (exact) mass is 242 g/mol. The Morgan fingerprint density at radius 1 is 1.50 bits per heavy atom. The average Bonchev–Trinajstić information content (AvgIpc) is 2.16. The van der Waals surface area contributed by atoms with E-state index in [-0.39, 0.29) is 5.54 Å². The lowest BCUT2D eigenvalue weighted by Gasteiger charge is -2.31. The first-order chi connectivity index (χ1) is 7.45. The quantitative estimate of drug-likeness (QED) is 0.832. The summed E-state index contributed by atoms with van der Waals surface area (Å²) in [4.78, 5) is 8.13. The van der Waals surface area contributed by atoms with Crippen LogP contribution >= 0.6 is 11.6 Å². The molecule has 1 aromatic rings. The second-order valence-electron chi connectivity index (χ2n) is 4.71. The van der Waals surface area contributed by atoms with E-state index in [9.17, 15) is 0 Å². The van der Waals surface area contributed by atoms with Crippen molar-refractivity contribution in [3.05, 3.63) is 17.5 Å². The zero-order valence-electron chi connectivity index (χ0n) is 10.00. The van der Waals surface area contributed by atoms with Crippen LogP contribution in [0.25, 0.3) is 0 Å². The number of nitrogens with two attached hydrogens (primary N) is 1. The van der Waals surface area contributed by atoms with Gasteiger partial charge >= 0.3 is 0 Å². The molecule has 0 saturated heterocycles. The molecule has 1 unspecified atom stereocenters. The first kappa shape index (κ1) is 13.2. The highest BCUT2D eigenvalue weighted by molar-refractivity contribution is 6.29. The molecule has 5 heteroatoms. The van der Waals surface area contributed by atoms with Crippen LogP contribution in [0.1, 0.15) is 27.2 Å². The number of nitrogens with zero attached hydrogens (tertiary/aromatic N) is 2. The van der Waals surface area contributed by atoms with E-state index in [1.807, 2.05) is 0 Å². The first-order valence-electron chi connectivity index (χ1n) is 5.41. The Morgan fingerprint density at radius 2 is 2.19 bits per heavy atom. The van der Waals surface area contributed by atoms with Gasteiger partial charge < -0.3 is 11.1 Å². The van der Waals surface area contributed by atoms with Gasteiger partial charge in [0.05, 0.1) is 12.4 Å². The molecular weight excluding hydrogens is 224 g/mol. The van der Waals surface area contributed by atoms with E-state index >= 15 is 0 Å². The van der Waals surface area contributed by atoms with Crippen molar-refractivity contribution >= 4 is 17.4 Å². The van der Waals surface area contributed by atoms with Crippen LogP contribution < -0.4 is 11.1 Å². The van der Waals surface area contributed by atoms with Gasteiger partial charge in [0.15, 0.2) is 0 Å². The summed E-state index contributed by atoms with van der Waals surface area (Å²) in [6, 6.07) is 0. The van der Waals surface area contributed by atoms with E-state index in [0.717, 1.165) is 6.42 Å². The third kappa shape index (κ3) is 3.94. The third-order valence-electron chi connectivity index (χ3n) is 2.34. The van der Waals surface area contributed by atoms with Crippen LogP contribution in [-0.4, -0.2) is 22.1 Å². The Labute approximate surface area is 102 Å². The second-order valence-corrected chi connectivity index (χ2v) is 5.10. The van der Waals surface area contributed by atoms with E-state index in [1.165, 1.54) is 6.20 Å². The summed E-state index contributed by atoms with van der Waals surface area (Å²) in [5, 5.41) is 3.68. The topological polar surface area (TPSA) is 63.8 Å². The highest BCUT2D eigenvalue weighted by Gasteiger charge is 2.24. The number of aromatic nitrogens is 2. The van der Waals surface area contributed by atoms with Crippen molar-refractivity contribution in [3.8, 4) is 0 Å². The molecule has 0 spiro atoms. The molecular formula is C11H19ClN4. The molecule has 0 aliphatic carbocycles. The predicted molar refractivity (Wildman–Crippen MR) is 67.6 cm³/mol. The fourth-order valence-corrected chi connectivity index (χ4v) is 1.95. The molecule has 0 bridgehead atoms. The van der Waals surface area contributed by atoms with Crippen LogP contribution in [0.15, 0.2) is 12.4 Å². The van der Waals surface area contributed by atoms with E-state index in [2.05, 4.69) is 36.1 Å². The van der Waals surface area contributed by atoms with Gasteiger partial charge in [-0.1, -0.05) is 25.4 Å². The molecule has 0 aliphatic heterocycles. The van der Waals surface area contributed by atoms with Crippen molar-refractivity contribution < 1.29 is 0 Å². The molecule has 1 aromatic heterocycles. The maximum atomic E-state index is 5.80. The molecule has 0 radical (unpaired) electrons. The molecule has 3 N–H and O–H groups in total. The van der Waals surface area contributed by atoms with E-state index in [4.69, 9.17) is 17.3 Å². The van der Waals surface area contributed by atoms with Gasteiger partial charge in [-0.05, 0) is 19.3 Å². The normalized spacial score (nSPS) is 14.9. The number of hydrogen-bond acceptors (Lipinski definition) is 4. The largest absolute Gasteiger partial charge is 0.362 e. The Hall–Kier alpha value is -0.870. The van der Waals surface area contributed by atoms with Crippen LogP contribution in [-0.2, 0) is 0 Å². The van der Waals surface area contributed by atoms with Gasteiger partial charge in [-0.15, -0.1) is 0 Å². The van der Waals surface area contributed by atoms with E-state index in [1.54, 1.807) is 6.20 Å². The molecule has 90 valence electrons. The molecule has 1 rings (SSSR count). The minimum atomic E-state index is -0.173. The van der Waals surface area contributed by atoms with E-state index < -0.39 is 0 Å². The molecule has 1 atom stereocenters. The number of halogens is 1. The van der Waals surface area contributed by atoms with Gasteiger partial charge in [-0.25, -0.2) is 4.98 Å². The standard InChI is InChI=1S/C11H19ClN4/c1-8(2)4-11(3,7-13)16-10-6-14-5-9(12)15-10/h5-6,8H,4,7,13H2,1-3H3,(H,15,16). The lowest BCUT2D eigenvalue weighted by Crippen LogP contribution is -2.43. The summed E-state index contributed by atoms with van der Waals surface area (Å²) in [5.41, 5.74) is 5.62. The van der Waals surface area contributed by atoms with Crippen molar-refractivity contribution in [2.24, 2.45) is 11.7 Å². The summed E-state index contributed by atoms with van der Waals surface area (Å²) in [5.74, 6) is 1.23. The fourth-order valence-electron chi connectivity index (χ4n) is 1.80. The third-order valence-corrected chi connectivity index (χ3v) is 2.53. The van der Waals surface area contributed by atoms with Crippen molar-refractivity contribution in [1.82, 2.24) is 9.97 Å². The number of nitrogens with one attached hydrogen (secondary N) is 1. The zero-order valence-corrected chi connectivity index (χ0v) is 10.8. The van der Waals surface area contributed by atoms with Crippen molar-refractivity contribution in [2.75, 3.05) is 11.9 Å². The SMILES string of the molecule is CC(C)CC(C)(CN)Nc1cncc(Cl)n1. The number of hydrogen-bond donors (Lipinski definition) is 2. The second kappa shape index (κ2) is 5.46. The summed E-state index contributed by atoms with van der Waals surface area (Å²) in [6.07, 6.45) is 4.13. The van der Waals surface area contributed by atoms with E-state index in [0.29, 0.717) is 23.4 Å². The van der Waals surface area contributed by atoms with Crippen LogP contribution in [0.2, 0.25) is 5.15 Å². The Balaban J connectivity index is 2.76. The molecule has 0 aliphatic rings. The zero-order chi connectivity index (χ0) is 12.2. The van der Waals surface area contributed by atoms with Crippen molar-refractivity contribution in [3.63, 3.8) is 0 Å². The number of anilines is 1. The highest BCUT2D eigenvalue weighted by atomic mass is 35.5.